The SMILES string of the molecule is CCOC(=O)c1cc(C)c2c(=O)cc(Nc3ccccc3)n(-c3ccccc3)c2n1. The molecule has 6 nitrogen and oxygen atoms in total. The van der Waals surface area contributed by atoms with E-state index in [1.165, 1.54) is 0 Å². The molecule has 0 fully saturated rings. The molecule has 2 aromatic carbocycles. The van der Waals surface area contributed by atoms with Crippen LogP contribution in [0, 0.1) is 6.92 Å². The van der Waals surface area contributed by atoms with Gasteiger partial charge in [-0.2, -0.15) is 0 Å². The van der Waals surface area contributed by atoms with Gasteiger partial charge in [-0.15, -0.1) is 0 Å². The van der Waals surface area contributed by atoms with Crippen molar-refractivity contribution < 1.29 is 9.53 Å². The fraction of sp³-hybridized carbons (Fsp3) is 0.125. The first kappa shape index (κ1) is 19.4. The number of para-hydroxylation sites is 2. The summed E-state index contributed by atoms with van der Waals surface area (Å²) in [4.78, 5) is 29.9. The maximum absolute atomic E-state index is 13.0. The third kappa shape index (κ3) is 3.67. The Hall–Kier alpha value is -3.93. The summed E-state index contributed by atoms with van der Waals surface area (Å²) in [6.45, 7) is 3.79. The molecule has 0 atom stereocenters. The highest BCUT2D eigenvalue weighted by atomic mass is 16.5. The third-order valence-electron chi connectivity index (χ3n) is 4.71. The van der Waals surface area contributed by atoms with Crippen molar-refractivity contribution in [2.75, 3.05) is 11.9 Å². The molecule has 0 saturated heterocycles. The molecule has 0 aliphatic carbocycles. The zero-order valence-corrected chi connectivity index (χ0v) is 16.8. The van der Waals surface area contributed by atoms with Gasteiger partial charge in [0.05, 0.1) is 12.0 Å². The van der Waals surface area contributed by atoms with Crippen molar-refractivity contribution in [1.82, 2.24) is 9.55 Å². The van der Waals surface area contributed by atoms with E-state index >= 15 is 0 Å². The van der Waals surface area contributed by atoms with Crippen molar-refractivity contribution in [3.8, 4) is 5.69 Å². The number of nitrogens with zero attached hydrogens (tertiary/aromatic N) is 2. The Morgan fingerprint density at radius 3 is 2.37 bits per heavy atom. The summed E-state index contributed by atoms with van der Waals surface area (Å²) in [6, 6.07) is 22.3. The lowest BCUT2D eigenvalue weighted by molar-refractivity contribution is 0.0519. The highest BCUT2D eigenvalue weighted by Crippen LogP contribution is 2.26. The van der Waals surface area contributed by atoms with E-state index in [0.29, 0.717) is 22.4 Å². The summed E-state index contributed by atoms with van der Waals surface area (Å²) < 4.78 is 6.98. The highest BCUT2D eigenvalue weighted by molar-refractivity contribution is 5.92. The summed E-state index contributed by atoms with van der Waals surface area (Å²) in [7, 11) is 0. The van der Waals surface area contributed by atoms with Crippen molar-refractivity contribution in [2.45, 2.75) is 13.8 Å². The van der Waals surface area contributed by atoms with E-state index in [9.17, 15) is 9.59 Å². The summed E-state index contributed by atoms with van der Waals surface area (Å²) in [5.74, 6) is 0.0359. The molecule has 0 spiro atoms. The van der Waals surface area contributed by atoms with Gasteiger partial charge < -0.3 is 10.1 Å². The molecule has 0 aliphatic heterocycles. The van der Waals surface area contributed by atoms with Crippen molar-refractivity contribution in [2.24, 2.45) is 0 Å². The van der Waals surface area contributed by atoms with Crippen LogP contribution in [-0.2, 0) is 4.74 Å². The van der Waals surface area contributed by atoms with Crippen LogP contribution in [0.3, 0.4) is 0 Å². The lowest BCUT2D eigenvalue weighted by Gasteiger charge is -2.19. The van der Waals surface area contributed by atoms with Gasteiger partial charge in [0.25, 0.3) is 0 Å². The average molecular weight is 399 g/mol. The van der Waals surface area contributed by atoms with Crippen LogP contribution in [0.2, 0.25) is 0 Å². The van der Waals surface area contributed by atoms with Gasteiger partial charge in [0.1, 0.15) is 5.82 Å². The van der Waals surface area contributed by atoms with E-state index in [4.69, 9.17) is 4.74 Å². The van der Waals surface area contributed by atoms with E-state index in [2.05, 4.69) is 10.3 Å². The number of esters is 1. The Kier molecular flexibility index (Phi) is 5.30. The minimum absolute atomic E-state index is 0.169. The molecule has 1 N–H and O–H groups in total. The van der Waals surface area contributed by atoms with Crippen LogP contribution < -0.4 is 10.7 Å². The third-order valence-corrected chi connectivity index (χ3v) is 4.71. The zero-order valence-electron chi connectivity index (χ0n) is 16.8. The predicted molar refractivity (Wildman–Crippen MR) is 118 cm³/mol. The second kappa shape index (κ2) is 8.21. The van der Waals surface area contributed by atoms with Crippen LogP contribution >= 0.6 is 0 Å². The maximum atomic E-state index is 13.0. The van der Waals surface area contributed by atoms with E-state index in [1.807, 2.05) is 65.2 Å². The molecule has 150 valence electrons. The predicted octanol–water partition coefficient (Wildman–Crippen LogP) is 4.61. The van der Waals surface area contributed by atoms with Gasteiger partial charge in [-0.05, 0) is 49.7 Å². The van der Waals surface area contributed by atoms with Gasteiger partial charge >= 0.3 is 5.97 Å². The van der Waals surface area contributed by atoms with Crippen molar-refractivity contribution >= 4 is 28.5 Å². The van der Waals surface area contributed by atoms with Crippen LogP contribution in [0.1, 0.15) is 23.0 Å². The number of carbonyl (C=O) groups excluding carboxylic acids is 1. The lowest BCUT2D eigenvalue weighted by atomic mass is 10.1. The first-order valence-electron chi connectivity index (χ1n) is 9.70. The Morgan fingerprint density at radius 2 is 1.70 bits per heavy atom. The number of hydrogen-bond donors (Lipinski definition) is 1. The minimum atomic E-state index is -0.518. The number of aryl methyl sites for hydroxylation is 1. The summed E-state index contributed by atoms with van der Waals surface area (Å²) in [5, 5.41) is 3.77. The molecular formula is C24H21N3O3. The van der Waals surface area contributed by atoms with Crippen LogP contribution in [-0.4, -0.2) is 22.1 Å². The van der Waals surface area contributed by atoms with Crippen LogP contribution in [0.4, 0.5) is 11.5 Å². The Balaban J connectivity index is 2.03. The number of pyridine rings is 2. The first-order valence-corrected chi connectivity index (χ1v) is 9.70. The topological polar surface area (TPSA) is 73.2 Å². The maximum Gasteiger partial charge on any atom is 0.357 e. The minimum Gasteiger partial charge on any atom is -0.461 e. The van der Waals surface area contributed by atoms with E-state index in [1.54, 1.807) is 26.0 Å². The molecule has 0 saturated carbocycles. The van der Waals surface area contributed by atoms with Crippen molar-refractivity contribution in [3.05, 3.63) is 94.3 Å². The molecule has 2 heterocycles. The average Bonchev–Trinajstić information content (AvgIpc) is 2.75. The second-order valence-electron chi connectivity index (χ2n) is 6.80. The van der Waals surface area contributed by atoms with Gasteiger partial charge in [-0.1, -0.05) is 36.4 Å². The number of fused-ring (bicyclic) bond motifs is 1. The molecular weight excluding hydrogens is 378 g/mol. The van der Waals surface area contributed by atoms with Gasteiger partial charge in [-0.3, -0.25) is 9.36 Å². The summed E-state index contributed by atoms with van der Waals surface area (Å²) >= 11 is 0. The van der Waals surface area contributed by atoms with Gasteiger partial charge in [0, 0.05) is 17.4 Å². The Bertz CT molecular complexity index is 1270. The molecule has 30 heavy (non-hydrogen) atoms. The first-order chi connectivity index (χ1) is 14.6. The van der Waals surface area contributed by atoms with E-state index in [-0.39, 0.29) is 17.7 Å². The molecule has 6 heteroatoms. The van der Waals surface area contributed by atoms with Crippen LogP contribution in [0.5, 0.6) is 0 Å². The van der Waals surface area contributed by atoms with Gasteiger partial charge in [-0.25, -0.2) is 9.78 Å². The molecule has 0 aliphatic rings. The highest BCUT2D eigenvalue weighted by Gasteiger charge is 2.18. The smallest absolute Gasteiger partial charge is 0.357 e. The summed E-state index contributed by atoms with van der Waals surface area (Å²) in [6.07, 6.45) is 0. The molecule has 0 bridgehead atoms. The fourth-order valence-electron chi connectivity index (χ4n) is 3.41. The summed E-state index contributed by atoms with van der Waals surface area (Å²) in [5.41, 5.74) is 2.71. The van der Waals surface area contributed by atoms with Gasteiger partial charge in [0.15, 0.2) is 16.8 Å². The number of carbonyl (C=O) groups is 1. The van der Waals surface area contributed by atoms with Gasteiger partial charge in [0.2, 0.25) is 0 Å². The zero-order chi connectivity index (χ0) is 21.1. The largest absolute Gasteiger partial charge is 0.461 e. The van der Waals surface area contributed by atoms with E-state index < -0.39 is 5.97 Å². The standard InChI is InChI=1S/C24H21N3O3/c1-3-30-24(29)19-14-16(2)22-20(28)15-21(25-17-10-6-4-7-11-17)27(23(22)26-19)18-12-8-5-9-13-18/h4-15,25H,3H2,1-2H3. The molecule has 0 radical (unpaired) electrons. The number of nitrogens with one attached hydrogen (secondary N) is 1. The quantitative estimate of drug-likeness (QED) is 0.496. The van der Waals surface area contributed by atoms with Crippen LogP contribution in [0.15, 0.2) is 77.6 Å². The monoisotopic (exact) mass is 399 g/mol. The normalized spacial score (nSPS) is 10.7. The molecule has 4 rings (SSSR count). The molecule has 0 unspecified atom stereocenters. The number of benzene rings is 2. The fourth-order valence-corrected chi connectivity index (χ4v) is 3.41. The number of hydrogen-bond acceptors (Lipinski definition) is 5. The van der Waals surface area contributed by atoms with Crippen molar-refractivity contribution in [1.29, 1.82) is 0 Å². The van der Waals surface area contributed by atoms with E-state index in [0.717, 1.165) is 11.4 Å². The Morgan fingerprint density at radius 1 is 1.03 bits per heavy atom. The second-order valence-corrected chi connectivity index (χ2v) is 6.80. The molecule has 2 aromatic heterocycles. The Labute approximate surface area is 173 Å². The van der Waals surface area contributed by atoms with Crippen LogP contribution in [0.25, 0.3) is 16.7 Å². The number of anilines is 2. The molecule has 4 aromatic rings. The number of aromatic nitrogens is 2. The number of ether oxygens (including phenoxy) is 1. The number of rotatable bonds is 5. The lowest BCUT2D eigenvalue weighted by Crippen LogP contribution is -2.17. The molecule has 0 amide bonds. The van der Waals surface area contributed by atoms with Crippen molar-refractivity contribution in [3.63, 3.8) is 0 Å².